The minimum Gasteiger partial charge on any atom is -0.497 e. The summed E-state index contributed by atoms with van der Waals surface area (Å²) in [5.41, 5.74) is 1.46. The summed E-state index contributed by atoms with van der Waals surface area (Å²) in [6.45, 7) is 4.67. The van der Waals surface area contributed by atoms with E-state index in [-0.39, 0.29) is 0 Å². The fraction of sp³-hybridized carbons (Fsp3) is 0.625. The molecule has 1 heterocycles. The van der Waals surface area contributed by atoms with E-state index in [0.29, 0.717) is 12.1 Å². The van der Waals surface area contributed by atoms with Crippen molar-refractivity contribution in [2.24, 2.45) is 0 Å². The number of hydrogen-bond acceptors (Lipinski definition) is 3. The predicted octanol–water partition coefficient (Wildman–Crippen LogP) is 2.78. The molecule has 19 heavy (non-hydrogen) atoms. The molecule has 0 spiro atoms. The molecule has 1 fully saturated rings. The van der Waals surface area contributed by atoms with Crippen LogP contribution in [0.25, 0.3) is 0 Å². The van der Waals surface area contributed by atoms with Crippen LogP contribution in [0, 0.1) is 0 Å². The molecular weight excluding hydrogens is 236 g/mol. The standard InChI is InChI=1S/C16H26N2O/c1-13(17(2)3)18-11-9-15(10-12-18)14-5-7-16(19-4)8-6-14/h5-8,13,15H,9-12H2,1-4H3. The Kier molecular flexibility index (Phi) is 4.83. The molecule has 0 radical (unpaired) electrons. The largest absolute Gasteiger partial charge is 0.497 e. The average molecular weight is 262 g/mol. The Morgan fingerprint density at radius 2 is 1.74 bits per heavy atom. The van der Waals surface area contributed by atoms with Gasteiger partial charge in [-0.3, -0.25) is 9.80 Å². The molecule has 0 N–H and O–H groups in total. The molecule has 0 aromatic heterocycles. The van der Waals surface area contributed by atoms with Gasteiger partial charge >= 0.3 is 0 Å². The molecule has 0 saturated carbocycles. The lowest BCUT2D eigenvalue weighted by molar-refractivity contribution is 0.0696. The van der Waals surface area contributed by atoms with Gasteiger partial charge in [-0.1, -0.05) is 12.1 Å². The summed E-state index contributed by atoms with van der Waals surface area (Å²) in [5, 5.41) is 0. The van der Waals surface area contributed by atoms with E-state index in [0.717, 1.165) is 5.75 Å². The van der Waals surface area contributed by atoms with E-state index in [1.165, 1.54) is 31.5 Å². The predicted molar refractivity (Wildman–Crippen MR) is 79.7 cm³/mol. The van der Waals surface area contributed by atoms with Crippen LogP contribution in [0.15, 0.2) is 24.3 Å². The van der Waals surface area contributed by atoms with Gasteiger partial charge in [0.2, 0.25) is 0 Å². The highest BCUT2D eigenvalue weighted by atomic mass is 16.5. The summed E-state index contributed by atoms with van der Waals surface area (Å²) < 4.78 is 5.22. The molecule has 0 bridgehead atoms. The number of hydrogen-bond donors (Lipinski definition) is 0. The number of piperidine rings is 1. The SMILES string of the molecule is COc1ccc(C2CCN(C(C)N(C)C)CC2)cc1. The third-order valence-corrected chi connectivity index (χ3v) is 4.39. The van der Waals surface area contributed by atoms with Crippen molar-refractivity contribution in [2.75, 3.05) is 34.3 Å². The van der Waals surface area contributed by atoms with Gasteiger partial charge < -0.3 is 4.74 Å². The van der Waals surface area contributed by atoms with Gasteiger partial charge in [-0.2, -0.15) is 0 Å². The van der Waals surface area contributed by atoms with E-state index in [4.69, 9.17) is 4.74 Å². The molecule has 1 atom stereocenters. The highest BCUT2D eigenvalue weighted by molar-refractivity contribution is 5.29. The Bertz CT molecular complexity index is 380. The van der Waals surface area contributed by atoms with Crippen molar-refractivity contribution in [2.45, 2.75) is 31.8 Å². The lowest BCUT2D eigenvalue weighted by Gasteiger charge is -2.38. The summed E-state index contributed by atoms with van der Waals surface area (Å²) in [7, 11) is 6.02. The third-order valence-electron chi connectivity index (χ3n) is 4.39. The zero-order valence-corrected chi connectivity index (χ0v) is 12.6. The normalized spacial score (nSPS) is 19.6. The molecule has 1 aliphatic heterocycles. The van der Waals surface area contributed by atoms with Gasteiger partial charge in [-0.15, -0.1) is 0 Å². The number of benzene rings is 1. The highest BCUT2D eigenvalue weighted by Crippen LogP contribution is 2.29. The first kappa shape index (κ1) is 14.4. The molecule has 0 aliphatic carbocycles. The second-order valence-electron chi connectivity index (χ2n) is 5.68. The molecule has 0 amide bonds. The average Bonchev–Trinajstić information content (AvgIpc) is 2.46. The van der Waals surface area contributed by atoms with Crippen molar-refractivity contribution >= 4 is 0 Å². The molecule has 1 saturated heterocycles. The van der Waals surface area contributed by atoms with Gasteiger partial charge in [0.25, 0.3) is 0 Å². The number of ether oxygens (including phenoxy) is 1. The molecule has 3 nitrogen and oxygen atoms in total. The van der Waals surface area contributed by atoms with Gasteiger partial charge in [-0.25, -0.2) is 0 Å². The zero-order valence-electron chi connectivity index (χ0n) is 12.6. The summed E-state index contributed by atoms with van der Waals surface area (Å²) in [4.78, 5) is 4.85. The van der Waals surface area contributed by atoms with E-state index in [1.807, 2.05) is 0 Å². The van der Waals surface area contributed by atoms with Crippen molar-refractivity contribution in [3.8, 4) is 5.75 Å². The Balaban J connectivity index is 1.92. The van der Waals surface area contributed by atoms with Crippen LogP contribution in [0.5, 0.6) is 5.75 Å². The van der Waals surface area contributed by atoms with Gasteiger partial charge in [0.15, 0.2) is 0 Å². The first-order valence-electron chi connectivity index (χ1n) is 7.16. The van der Waals surface area contributed by atoms with E-state index in [2.05, 4.69) is 55.1 Å². The monoisotopic (exact) mass is 262 g/mol. The number of methoxy groups -OCH3 is 1. The Morgan fingerprint density at radius 1 is 1.16 bits per heavy atom. The van der Waals surface area contributed by atoms with Gasteiger partial charge in [0.05, 0.1) is 13.3 Å². The molecule has 1 aliphatic rings. The maximum atomic E-state index is 5.22. The van der Waals surface area contributed by atoms with E-state index in [1.54, 1.807) is 7.11 Å². The quantitative estimate of drug-likeness (QED) is 0.830. The number of nitrogens with zero attached hydrogens (tertiary/aromatic N) is 2. The number of likely N-dealkylation sites (tertiary alicyclic amines) is 1. The Hall–Kier alpha value is -1.06. The number of rotatable bonds is 4. The second-order valence-corrected chi connectivity index (χ2v) is 5.68. The van der Waals surface area contributed by atoms with Crippen LogP contribution < -0.4 is 4.74 Å². The van der Waals surface area contributed by atoms with Gasteiger partial charge in [0, 0.05) is 13.1 Å². The van der Waals surface area contributed by atoms with Crippen molar-refractivity contribution in [3.63, 3.8) is 0 Å². The van der Waals surface area contributed by atoms with E-state index in [9.17, 15) is 0 Å². The molecular formula is C16H26N2O. The van der Waals surface area contributed by atoms with Crippen LogP contribution in [-0.2, 0) is 0 Å². The molecule has 1 aromatic rings. The minimum atomic E-state index is 0.539. The van der Waals surface area contributed by atoms with Crippen LogP contribution in [0.4, 0.5) is 0 Å². The fourth-order valence-electron chi connectivity index (χ4n) is 2.81. The van der Waals surface area contributed by atoms with E-state index < -0.39 is 0 Å². The van der Waals surface area contributed by atoms with Crippen LogP contribution in [0.2, 0.25) is 0 Å². The summed E-state index contributed by atoms with van der Waals surface area (Å²) in [5.74, 6) is 1.65. The molecule has 106 valence electrons. The van der Waals surface area contributed by atoms with Crippen molar-refractivity contribution < 1.29 is 4.74 Å². The lowest BCUT2D eigenvalue weighted by atomic mass is 9.89. The second kappa shape index (κ2) is 6.40. The van der Waals surface area contributed by atoms with E-state index >= 15 is 0 Å². The van der Waals surface area contributed by atoms with Crippen LogP contribution >= 0.6 is 0 Å². The fourth-order valence-corrected chi connectivity index (χ4v) is 2.81. The summed E-state index contributed by atoms with van der Waals surface area (Å²) >= 11 is 0. The maximum absolute atomic E-state index is 5.22. The smallest absolute Gasteiger partial charge is 0.118 e. The van der Waals surface area contributed by atoms with Gasteiger partial charge in [-0.05, 0) is 57.5 Å². The Labute approximate surface area is 117 Å². The van der Waals surface area contributed by atoms with Crippen molar-refractivity contribution in [1.29, 1.82) is 0 Å². The van der Waals surface area contributed by atoms with Crippen LogP contribution in [0.1, 0.15) is 31.2 Å². The highest BCUT2D eigenvalue weighted by Gasteiger charge is 2.24. The zero-order chi connectivity index (χ0) is 13.8. The molecule has 3 heteroatoms. The first-order valence-corrected chi connectivity index (χ1v) is 7.16. The minimum absolute atomic E-state index is 0.539. The third kappa shape index (κ3) is 3.48. The topological polar surface area (TPSA) is 15.7 Å². The van der Waals surface area contributed by atoms with Crippen molar-refractivity contribution in [1.82, 2.24) is 9.80 Å². The van der Waals surface area contributed by atoms with Crippen molar-refractivity contribution in [3.05, 3.63) is 29.8 Å². The summed E-state index contributed by atoms with van der Waals surface area (Å²) in [6, 6.07) is 8.58. The van der Waals surface area contributed by atoms with Crippen LogP contribution in [-0.4, -0.2) is 50.3 Å². The van der Waals surface area contributed by atoms with Crippen LogP contribution in [0.3, 0.4) is 0 Å². The maximum Gasteiger partial charge on any atom is 0.118 e. The molecule has 1 aromatic carbocycles. The lowest BCUT2D eigenvalue weighted by Crippen LogP contribution is -2.46. The molecule has 2 rings (SSSR count). The van der Waals surface area contributed by atoms with Gasteiger partial charge in [0.1, 0.15) is 5.75 Å². The first-order chi connectivity index (χ1) is 9.11. The molecule has 1 unspecified atom stereocenters. The Morgan fingerprint density at radius 3 is 2.21 bits per heavy atom. The summed E-state index contributed by atoms with van der Waals surface area (Å²) in [6.07, 6.45) is 3.05.